The quantitative estimate of drug-likeness (QED) is 0.483. The number of nitrogens with zero attached hydrogens (tertiary/aromatic N) is 4. The Morgan fingerprint density at radius 2 is 1.84 bits per heavy atom. The number of allylic oxidation sites excluding steroid dienone is 1. The summed E-state index contributed by atoms with van der Waals surface area (Å²) in [5, 5.41) is 0. The SMILES string of the molecule is Cc1nc2c(-c3ccc(S(=O)(=O)N4CCOCC4)cc3)cc(C(=O)N(C)C)cc2n1C/C(F)=C/CN.Cl. The lowest BCUT2D eigenvalue weighted by Crippen LogP contribution is -2.40. The first-order valence-electron chi connectivity index (χ1n) is 11.6. The molecule has 2 heterocycles. The molecule has 1 fully saturated rings. The fourth-order valence-corrected chi connectivity index (χ4v) is 5.63. The van der Waals surface area contributed by atoms with Crippen LogP contribution in [0.5, 0.6) is 0 Å². The monoisotopic (exact) mass is 551 g/mol. The molecular formula is C25H31ClFN5O4S. The van der Waals surface area contributed by atoms with Crippen LogP contribution in [-0.4, -0.2) is 80.0 Å². The number of hydrogen-bond acceptors (Lipinski definition) is 6. The first kappa shape index (κ1) is 28.7. The van der Waals surface area contributed by atoms with Crippen molar-refractivity contribution in [3.05, 3.63) is 59.7 Å². The van der Waals surface area contributed by atoms with E-state index in [9.17, 15) is 17.6 Å². The highest BCUT2D eigenvalue weighted by Gasteiger charge is 2.26. The molecule has 0 radical (unpaired) electrons. The lowest BCUT2D eigenvalue weighted by Gasteiger charge is -2.26. The van der Waals surface area contributed by atoms with Gasteiger partial charge in [0.1, 0.15) is 11.7 Å². The van der Waals surface area contributed by atoms with Crippen molar-refractivity contribution in [2.24, 2.45) is 5.73 Å². The maximum Gasteiger partial charge on any atom is 0.253 e. The summed E-state index contributed by atoms with van der Waals surface area (Å²) in [6, 6.07) is 9.96. The zero-order chi connectivity index (χ0) is 26.0. The molecule has 200 valence electrons. The lowest BCUT2D eigenvalue weighted by molar-refractivity contribution is 0.0730. The Morgan fingerprint density at radius 1 is 1.19 bits per heavy atom. The Labute approximate surface area is 222 Å². The minimum Gasteiger partial charge on any atom is -0.379 e. The van der Waals surface area contributed by atoms with Crippen LogP contribution in [-0.2, 0) is 21.3 Å². The van der Waals surface area contributed by atoms with Gasteiger partial charge in [-0.05, 0) is 42.8 Å². The van der Waals surface area contributed by atoms with Gasteiger partial charge in [-0.25, -0.2) is 17.8 Å². The van der Waals surface area contributed by atoms with Crippen molar-refractivity contribution < 1.29 is 22.3 Å². The van der Waals surface area contributed by atoms with Crippen molar-refractivity contribution >= 4 is 39.4 Å². The third-order valence-corrected chi connectivity index (χ3v) is 8.03. The summed E-state index contributed by atoms with van der Waals surface area (Å²) < 4.78 is 48.8. The highest BCUT2D eigenvalue weighted by atomic mass is 35.5. The van der Waals surface area contributed by atoms with Crippen molar-refractivity contribution in [3.8, 4) is 11.1 Å². The van der Waals surface area contributed by atoms with Crippen LogP contribution in [0.3, 0.4) is 0 Å². The fraction of sp³-hybridized carbons (Fsp3) is 0.360. The molecule has 1 aromatic heterocycles. The molecule has 3 aromatic rings. The highest BCUT2D eigenvalue weighted by Crippen LogP contribution is 2.32. The number of aryl methyl sites for hydroxylation is 1. The molecule has 1 saturated heterocycles. The van der Waals surface area contributed by atoms with Crippen LogP contribution in [0.4, 0.5) is 4.39 Å². The molecule has 12 heteroatoms. The summed E-state index contributed by atoms with van der Waals surface area (Å²) in [4.78, 5) is 19.2. The van der Waals surface area contributed by atoms with Gasteiger partial charge in [0.15, 0.2) is 0 Å². The van der Waals surface area contributed by atoms with E-state index in [0.717, 1.165) is 0 Å². The molecule has 2 aromatic carbocycles. The maximum absolute atomic E-state index is 14.4. The molecule has 0 unspecified atom stereocenters. The molecule has 0 spiro atoms. The van der Waals surface area contributed by atoms with Crippen molar-refractivity contribution in [2.45, 2.75) is 18.4 Å². The van der Waals surface area contributed by atoms with Crippen LogP contribution >= 0.6 is 12.4 Å². The number of sulfonamides is 1. The van der Waals surface area contributed by atoms with Crippen LogP contribution in [0.25, 0.3) is 22.2 Å². The van der Waals surface area contributed by atoms with E-state index in [1.807, 2.05) is 0 Å². The molecule has 1 amide bonds. The Balaban J connectivity index is 0.00000380. The molecule has 37 heavy (non-hydrogen) atoms. The minimum atomic E-state index is -3.64. The normalized spacial score (nSPS) is 15.0. The number of morpholine rings is 1. The molecule has 1 aliphatic heterocycles. The van der Waals surface area contributed by atoms with Crippen molar-refractivity contribution in [1.29, 1.82) is 0 Å². The first-order valence-corrected chi connectivity index (χ1v) is 13.0. The smallest absolute Gasteiger partial charge is 0.253 e. The van der Waals surface area contributed by atoms with Gasteiger partial charge < -0.3 is 19.9 Å². The zero-order valence-corrected chi connectivity index (χ0v) is 22.6. The summed E-state index contributed by atoms with van der Waals surface area (Å²) >= 11 is 0. The molecule has 0 saturated carbocycles. The highest BCUT2D eigenvalue weighted by molar-refractivity contribution is 7.89. The number of amides is 1. The van der Waals surface area contributed by atoms with Crippen LogP contribution in [0.2, 0.25) is 0 Å². The number of carbonyl (C=O) groups excluding carboxylic acids is 1. The number of fused-ring (bicyclic) bond motifs is 1. The lowest BCUT2D eigenvalue weighted by atomic mass is 10.0. The van der Waals surface area contributed by atoms with Gasteiger partial charge in [0.2, 0.25) is 10.0 Å². The molecule has 2 N–H and O–H groups in total. The number of hydrogen-bond donors (Lipinski definition) is 1. The number of imidazole rings is 1. The van der Waals surface area contributed by atoms with E-state index in [-0.39, 0.29) is 36.3 Å². The van der Waals surface area contributed by atoms with E-state index < -0.39 is 15.9 Å². The molecule has 0 atom stereocenters. The predicted octanol–water partition coefficient (Wildman–Crippen LogP) is 2.97. The average molecular weight is 552 g/mol. The van der Waals surface area contributed by atoms with Gasteiger partial charge >= 0.3 is 0 Å². The summed E-state index contributed by atoms with van der Waals surface area (Å²) in [6.07, 6.45) is 1.30. The Kier molecular flexibility index (Phi) is 9.09. The molecule has 0 bridgehead atoms. The third-order valence-electron chi connectivity index (χ3n) is 6.12. The van der Waals surface area contributed by atoms with Crippen LogP contribution in [0.1, 0.15) is 16.2 Å². The van der Waals surface area contributed by atoms with E-state index in [1.54, 1.807) is 62.0 Å². The van der Waals surface area contributed by atoms with Gasteiger partial charge in [-0.2, -0.15) is 4.31 Å². The number of nitrogens with two attached hydrogens (primary N) is 1. The second-order valence-corrected chi connectivity index (χ2v) is 10.7. The largest absolute Gasteiger partial charge is 0.379 e. The van der Waals surface area contributed by atoms with Crippen molar-refractivity contribution in [2.75, 3.05) is 46.9 Å². The van der Waals surface area contributed by atoms with Gasteiger partial charge in [-0.15, -0.1) is 12.4 Å². The van der Waals surface area contributed by atoms with Crippen LogP contribution < -0.4 is 5.73 Å². The third kappa shape index (κ3) is 5.86. The van der Waals surface area contributed by atoms with Crippen LogP contribution in [0, 0.1) is 6.92 Å². The second-order valence-electron chi connectivity index (χ2n) is 8.76. The number of aromatic nitrogens is 2. The standard InChI is InChI=1S/C25H30FN5O4S.ClH/c1-17-28-24-22(18-4-6-21(7-5-18)36(33,34)30-10-12-35-13-11-30)14-19(25(32)29(2)3)15-23(24)31(17)16-20(26)8-9-27;/h4-8,14-15H,9-13,16,27H2,1-3H3;1H/b20-8-;. The van der Waals surface area contributed by atoms with Gasteiger partial charge in [0, 0.05) is 44.9 Å². The number of carbonyl (C=O) groups is 1. The molecule has 0 aliphatic carbocycles. The number of benzene rings is 2. The Bertz CT molecular complexity index is 1420. The minimum absolute atomic E-state index is 0. The van der Waals surface area contributed by atoms with Gasteiger partial charge in [0.25, 0.3) is 5.91 Å². The summed E-state index contributed by atoms with van der Waals surface area (Å²) in [6.45, 7) is 3.14. The average Bonchev–Trinajstić information content (AvgIpc) is 3.18. The van der Waals surface area contributed by atoms with Gasteiger partial charge in [0.05, 0.1) is 35.7 Å². The molecule has 4 rings (SSSR count). The van der Waals surface area contributed by atoms with Gasteiger partial charge in [-0.3, -0.25) is 4.79 Å². The molecule has 1 aliphatic rings. The van der Waals surface area contributed by atoms with Gasteiger partial charge in [-0.1, -0.05) is 12.1 Å². The molecule has 9 nitrogen and oxygen atoms in total. The van der Waals surface area contributed by atoms with E-state index >= 15 is 0 Å². The summed E-state index contributed by atoms with van der Waals surface area (Å²) in [5.74, 6) is -0.0377. The summed E-state index contributed by atoms with van der Waals surface area (Å²) in [5.41, 5.74) is 8.40. The fourth-order valence-electron chi connectivity index (χ4n) is 4.23. The Morgan fingerprint density at radius 3 is 2.43 bits per heavy atom. The number of ether oxygens (including phenoxy) is 1. The van der Waals surface area contributed by atoms with Crippen LogP contribution in [0.15, 0.2) is 53.2 Å². The zero-order valence-electron chi connectivity index (χ0n) is 21.0. The summed E-state index contributed by atoms with van der Waals surface area (Å²) in [7, 11) is -0.330. The first-order chi connectivity index (χ1) is 17.1. The topological polar surface area (TPSA) is 111 Å². The predicted molar refractivity (Wildman–Crippen MR) is 143 cm³/mol. The van der Waals surface area contributed by atoms with E-state index in [0.29, 0.717) is 59.9 Å². The van der Waals surface area contributed by atoms with Crippen molar-refractivity contribution in [3.63, 3.8) is 0 Å². The van der Waals surface area contributed by atoms with E-state index in [2.05, 4.69) is 4.98 Å². The van der Waals surface area contributed by atoms with E-state index in [1.165, 1.54) is 15.3 Å². The molecular weight excluding hydrogens is 521 g/mol. The number of rotatable bonds is 7. The Hall–Kier alpha value is -2.83. The van der Waals surface area contributed by atoms with E-state index in [4.69, 9.17) is 10.5 Å². The second kappa shape index (κ2) is 11.7. The maximum atomic E-state index is 14.4. The van der Waals surface area contributed by atoms with Crippen molar-refractivity contribution in [1.82, 2.24) is 18.8 Å². The number of halogens is 2.